The van der Waals surface area contributed by atoms with Gasteiger partial charge in [-0.15, -0.1) is 4.73 Å². The number of anilines is 1. The quantitative estimate of drug-likeness (QED) is 0.673. The fourth-order valence-electron chi connectivity index (χ4n) is 2.66. The normalized spacial score (nSPS) is 10.8. The van der Waals surface area contributed by atoms with Crippen molar-refractivity contribution < 1.29 is 24.3 Å². The third kappa shape index (κ3) is 3.08. The van der Waals surface area contributed by atoms with Gasteiger partial charge >= 0.3 is 11.6 Å². The Bertz CT molecular complexity index is 997. The number of carbonyl (C=O) groups is 1. The van der Waals surface area contributed by atoms with Crippen LogP contribution in [0.3, 0.4) is 0 Å². The number of rotatable bonds is 5. The zero-order valence-corrected chi connectivity index (χ0v) is 14.3. The van der Waals surface area contributed by atoms with Gasteiger partial charge in [0, 0.05) is 42.4 Å². The van der Waals surface area contributed by atoms with Gasteiger partial charge in [-0.25, -0.2) is 9.59 Å². The van der Waals surface area contributed by atoms with Gasteiger partial charge in [-0.2, -0.15) is 0 Å². The summed E-state index contributed by atoms with van der Waals surface area (Å²) < 4.78 is 5.77. The molecule has 0 atom stereocenters. The van der Waals surface area contributed by atoms with Crippen molar-refractivity contribution in [2.75, 3.05) is 18.0 Å². The molecule has 0 aliphatic heterocycles. The van der Waals surface area contributed by atoms with Crippen LogP contribution in [-0.4, -0.2) is 34.0 Å². The summed E-state index contributed by atoms with van der Waals surface area (Å²) in [5, 5.41) is 19.6. The maximum atomic E-state index is 12.2. The molecular weight excluding hydrogens is 340 g/mol. The Morgan fingerprint density at radius 1 is 1.12 bits per heavy atom. The van der Waals surface area contributed by atoms with Gasteiger partial charge in [0.05, 0.1) is 0 Å². The SMILES string of the molecule is CCN(CC)c1ccc2cc(C(=O)On3c(O)ccc3O)c(=O)oc2c1. The molecule has 2 aromatic heterocycles. The van der Waals surface area contributed by atoms with Crippen LogP contribution < -0.4 is 15.4 Å². The Kier molecular flexibility index (Phi) is 4.57. The lowest BCUT2D eigenvalue weighted by atomic mass is 10.1. The number of aromatic hydroxyl groups is 2. The molecule has 0 radical (unpaired) electrons. The number of hydrogen-bond acceptors (Lipinski definition) is 7. The Labute approximate surface area is 148 Å². The van der Waals surface area contributed by atoms with Gasteiger partial charge < -0.3 is 24.4 Å². The molecule has 0 bridgehead atoms. The summed E-state index contributed by atoms with van der Waals surface area (Å²) in [5.41, 5.74) is 0.0386. The number of hydrogen-bond donors (Lipinski definition) is 2. The predicted octanol–water partition coefficient (Wildman–Crippen LogP) is 2.12. The number of benzene rings is 1. The molecule has 3 rings (SSSR count). The fourth-order valence-corrected chi connectivity index (χ4v) is 2.66. The lowest BCUT2D eigenvalue weighted by molar-refractivity contribution is 0.0377. The van der Waals surface area contributed by atoms with Gasteiger partial charge in [0.1, 0.15) is 11.1 Å². The van der Waals surface area contributed by atoms with Crippen LogP contribution in [0.5, 0.6) is 11.8 Å². The molecule has 1 aromatic carbocycles. The average Bonchev–Trinajstić information content (AvgIpc) is 2.94. The van der Waals surface area contributed by atoms with Gasteiger partial charge in [0.25, 0.3) is 0 Å². The highest BCUT2D eigenvalue weighted by molar-refractivity contribution is 5.93. The summed E-state index contributed by atoms with van der Waals surface area (Å²) in [6.07, 6.45) is 0. The molecule has 26 heavy (non-hydrogen) atoms. The van der Waals surface area contributed by atoms with E-state index < -0.39 is 23.4 Å². The van der Waals surface area contributed by atoms with Crippen LogP contribution in [0.25, 0.3) is 11.0 Å². The smallest absolute Gasteiger partial charge is 0.371 e. The number of fused-ring (bicyclic) bond motifs is 1. The molecule has 3 aromatic rings. The second kappa shape index (κ2) is 6.83. The molecule has 0 saturated heterocycles. The van der Waals surface area contributed by atoms with Crippen molar-refractivity contribution in [1.82, 2.24) is 4.73 Å². The summed E-state index contributed by atoms with van der Waals surface area (Å²) in [6, 6.07) is 8.98. The molecule has 0 unspecified atom stereocenters. The van der Waals surface area contributed by atoms with Gasteiger partial charge in [-0.3, -0.25) is 0 Å². The summed E-state index contributed by atoms with van der Waals surface area (Å²) in [6.45, 7) is 5.66. The van der Waals surface area contributed by atoms with E-state index in [0.717, 1.165) is 30.9 Å². The van der Waals surface area contributed by atoms with Crippen LogP contribution in [0, 0.1) is 0 Å². The van der Waals surface area contributed by atoms with E-state index in [-0.39, 0.29) is 5.56 Å². The second-order valence-corrected chi connectivity index (χ2v) is 5.56. The number of nitrogens with zero attached hydrogens (tertiary/aromatic N) is 2. The fraction of sp³-hybridized carbons (Fsp3) is 0.222. The monoisotopic (exact) mass is 358 g/mol. The minimum absolute atomic E-state index is 0.347. The standard InChI is InChI=1S/C18H18N2O6/c1-3-19(4-2)12-6-5-11-9-13(17(23)25-14(11)10-12)18(24)26-20-15(21)7-8-16(20)22/h5-10,21-22H,3-4H2,1-2H3. The highest BCUT2D eigenvalue weighted by Gasteiger charge is 2.19. The molecule has 0 amide bonds. The van der Waals surface area contributed by atoms with E-state index in [1.54, 1.807) is 12.1 Å². The Balaban J connectivity index is 1.97. The van der Waals surface area contributed by atoms with Crippen molar-refractivity contribution in [3.05, 3.63) is 52.4 Å². The minimum atomic E-state index is -1.06. The van der Waals surface area contributed by atoms with Crippen molar-refractivity contribution in [3.63, 3.8) is 0 Å². The van der Waals surface area contributed by atoms with E-state index in [2.05, 4.69) is 4.90 Å². The zero-order valence-electron chi connectivity index (χ0n) is 14.3. The topological polar surface area (TPSA) is 105 Å². The molecule has 0 saturated carbocycles. The Morgan fingerprint density at radius 2 is 1.77 bits per heavy atom. The van der Waals surface area contributed by atoms with Gasteiger partial charge in [-0.1, -0.05) is 0 Å². The summed E-state index contributed by atoms with van der Waals surface area (Å²) in [4.78, 5) is 31.3. The maximum Gasteiger partial charge on any atom is 0.371 e. The van der Waals surface area contributed by atoms with Crippen molar-refractivity contribution in [1.29, 1.82) is 0 Å². The van der Waals surface area contributed by atoms with Crippen LogP contribution in [0.4, 0.5) is 5.69 Å². The van der Waals surface area contributed by atoms with E-state index in [1.807, 2.05) is 19.9 Å². The molecule has 8 nitrogen and oxygen atoms in total. The van der Waals surface area contributed by atoms with Crippen LogP contribution in [0.1, 0.15) is 24.2 Å². The maximum absolute atomic E-state index is 12.2. The molecular formula is C18H18N2O6. The lowest BCUT2D eigenvalue weighted by Gasteiger charge is -2.20. The van der Waals surface area contributed by atoms with Gasteiger partial charge in [-0.05, 0) is 32.0 Å². The van der Waals surface area contributed by atoms with Gasteiger partial charge in [0.15, 0.2) is 0 Å². The molecule has 2 heterocycles. The molecule has 2 N–H and O–H groups in total. The first-order valence-corrected chi connectivity index (χ1v) is 8.09. The highest BCUT2D eigenvalue weighted by atomic mass is 16.7. The number of aromatic nitrogens is 1. The van der Waals surface area contributed by atoms with Crippen LogP contribution >= 0.6 is 0 Å². The van der Waals surface area contributed by atoms with Crippen molar-refractivity contribution in [2.24, 2.45) is 0 Å². The van der Waals surface area contributed by atoms with Crippen molar-refractivity contribution in [2.45, 2.75) is 13.8 Å². The molecule has 0 fully saturated rings. The highest BCUT2D eigenvalue weighted by Crippen LogP contribution is 2.23. The average molecular weight is 358 g/mol. The van der Waals surface area contributed by atoms with Crippen molar-refractivity contribution >= 4 is 22.6 Å². The van der Waals surface area contributed by atoms with Crippen molar-refractivity contribution in [3.8, 4) is 11.8 Å². The zero-order chi connectivity index (χ0) is 18.8. The van der Waals surface area contributed by atoms with E-state index in [0.29, 0.717) is 15.7 Å². The molecule has 136 valence electrons. The van der Waals surface area contributed by atoms with E-state index in [1.165, 1.54) is 6.07 Å². The molecule has 0 aliphatic carbocycles. The van der Waals surface area contributed by atoms with Gasteiger partial charge in [0.2, 0.25) is 11.8 Å². The van der Waals surface area contributed by atoms with Crippen LogP contribution in [0.15, 0.2) is 45.6 Å². The third-order valence-electron chi connectivity index (χ3n) is 4.04. The van der Waals surface area contributed by atoms with E-state index in [9.17, 15) is 19.8 Å². The first-order chi connectivity index (χ1) is 12.4. The first kappa shape index (κ1) is 17.4. The largest absolute Gasteiger partial charge is 0.492 e. The van der Waals surface area contributed by atoms with Crippen LogP contribution in [-0.2, 0) is 0 Å². The summed E-state index contributed by atoms with van der Waals surface area (Å²) in [5.74, 6) is -2.02. The number of carbonyl (C=O) groups excluding carboxylic acids is 1. The molecule has 8 heteroatoms. The minimum Gasteiger partial charge on any atom is -0.492 e. The van der Waals surface area contributed by atoms with E-state index >= 15 is 0 Å². The molecule has 0 spiro atoms. The summed E-state index contributed by atoms with van der Waals surface area (Å²) >= 11 is 0. The first-order valence-electron chi connectivity index (χ1n) is 8.09. The molecule has 0 aliphatic rings. The van der Waals surface area contributed by atoms with Crippen LogP contribution in [0.2, 0.25) is 0 Å². The van der Waals surface area contributed by atoms with E-state index in [4.69, 9.17) is 9.25 Å². The second-order valence-electron chi connectivity index (χ2n) is 5.56. The predicted molar refractivity (Wildman–Crippen MR) is 94.7 cm³/mol. The third-order valence-corrected chi connectivity index (χ3v) is 4.04. The Morgan fingerprint density at radius 3 is 2.38 bits per heavy atom. The Hall–Kier alpha value is -3.42. The summed E-state index contributed by atoms with van der Waals surface area (Å²) in [7, 11) is 0. The lowest BCUT2D eigenvalue weighted by Crippen LogP contribution is -2.25.